The van der Waals surface area contributed by atoms with E-state index in [2.05, 4.69) is 11.8 Å². The third-order valence-electron chi connectivity index (χ3n) is 9.87. The Morgan fingerprint density at radius 2 is 1.52 bits per heavy atom. The van der Waals surface area contributed by atoms with Crippen LogP contribution in [0.1, 0.15) is 122 Å². The minimum absolute atomic E-state index is 0.375. The van der Waals surface area contributed by atoms with Crippen LogP contribution in [0.3, 0.4) is 0 Å². The molecule has 0 amide bonds. The van der Waals surface area contributed by atoms with Crippen LogP contribution in [0.5, 0.6) is 0 Å². The zero-order valence-corrected chi connectivity index (χ0v) is 20.3. The predicted molar refractivity (Wildman–Crippen MR) is 128 cm³/mol. The molecular formula is C28H49NO2. The Balaban J connectivity index is 1.36. The van der Waals surface area contributed by atoms with Crippen molar-refractivity contribution >= 4 is 5.97 Å². The lowest BCUT2D eigenvalue weighted by atomic mass is 9.71. The molecule has 3 nitrogen and oxygen atoms in total. The molecule has 3 saturated carbocycles. The standard InChI is InChI=1S/C28H49NO2/c1-2-6-21-10-15-25(16-11-21)29-20-24(14-9-22-7-4-3-5-8-22)26-19-23(12-17-27(26)29)13-18-28(30)31/h21-27H,2-20H2,1H3,(H,30,31). The fourth-order valence-electron chi connectivity index (χ4n) is 8.15. The second kappa shape index (κ2) is 11.5. The Labute approximate surface area is 191 Å². The van der Waals surface area contributed by atoms with Gasteiger partial charge in [-0.05, 0) is 87.4 Å². The van der Waals surface area contributed by atoms with Crippen LogP contribution in [0.25, 0.3) is 0 Å². The van der Waals surface area contributed by atoms with Gasteiger partial charge in [0.25, 0.3) is 0 Å². The molecule has 0 radical (unpaired) electrons. The lowest BCUT2D eigenvalue weighted by Crippen LogP contribution is -2.44. The smallest absolute Gasteiger partial charge is 0.303 e. The minimum Gasteiger partial charge on any atom is -0.481 e. The summed E-state index contributed by atoms with van der Waals surface area (Å²) in [5.41, 5.74) is 0. The Hall–Kier alpha value is -0.570. The normalized spacial score (nSPS) is 37.6. The van der Waals surface area contributed by atoms with Crippen molar-refractivity contribution in [1.29, 1.82) is 0 Å². The lowest BCUT2D eigenvalue weighted by molar-refractivity contribution is -0.137. The van der Waals surface area contributed by atoms with E-state index < -0.39 is 5.97 Å². The molecule has 1 saturated heterocycles. The Bertz CT molecular complexity index is 549. The van der Waals surface area contributed by atoms with Gasteiger partial charge in [-0.2, -0.15) is 0 Å². The van der Waals surface area contributed by atoms with Crippen LogP contribution in [0.15, 0.2) is 0 Å². The molecule has 31 heavy (non-hydrogen) atoms. The number of fused-ring (bicyclic) bond motifs is 1. The topological polar surface area (TPSA) is 40.5 Å². The maximum absolute atomic E-state index is 11.1. The van der Waals surface area contributed by atoms with Crippen LogP contribution >= 0.6 is 0 Å². The molecule has 0 aromatic carbocycles. The fraction of sp³-hybridized carbons (Fsp3) is 0.964. The molecule has 4 atom stereocenters. The number of hydrogen-bond acceptors (Lipinski definition) is 2. The van der Waals surface area contributed by atoms with Crippen molar-refractivity contribution in [2.24, 2.45) is 29.6 Å². The molecule has 1 aliphatic heterocycles. The van der Waals surface area contributed by atoms with E-state index >= 15 is 0 Å². The van der Waals surface area contributed by atoms with Gasteiger partial charge in [-0.1, -0.05) is 58.3 Å². The van der Waals surface area contributed by atoms with Crippen LogP contribution < -0.4 is 0 Å². The maximum atomic E-state index is 11.1. The number of hydrogen-bond donors (Lipinski definition) is 1. The van der Waals surface area contributed by atoms with Crippen molar-refractivity contribution in [1.82, 2.24) is 4.90 Å². The molecule has 0 spiro atoms. The number of carboxylic acids is 1. The molecule has 178 valence electrons. The average molecular weight is 432 g/mol. The zero-order valence-electron chi connectivity index (χ0n) is 20.3. The largest absolute Gasteiger partial charge is 0.481 e. The van der Waals surface area contributed by atoms with Crippen LogP contribution in [0.4, 0.5) is 0 Å². The van der Waals surface area contributed by atoms with E-state index in [-0.39, 0.29) is 0 Å². The first-order valence-corrected chi connectivity index (χ1v) is 14.1. The summed E-state index contributed by atoms with van der Waals surface area (Å²) in [7, 11) is 0. The number of likely N-dealkylation sites (tertiary alicyclic amines) is 1. The van der Waals surface area contributed by atoms with Crippen molar-refractivity contribution < 1.29 is 9.90 Å². The van der Waals surface area contributed by atoms with Gasteiger partial charge in [0.15, 0.2) is 0 Å². The Morgan fingerprint density at radius 1 is 0.806 bits per heavy atom. The summed E-state index contributed by atoms with van der Waals surface area (Å²) in [5.74, 6) is 3.78. The second-order valence-corrected chi connectivity index (χ2v) is 11.8. The summed E-state index contributed by atoms with van der Waals surface area (Å²) >= 11 is 0. The molecule has 1 N–H and O–H groups in total. The van der Waals surface area contributed by atoms with Gasteiger partial charge in [-0.3, -0.25) is 9.69 Å². The van der Waals surface area contributed by atoms with E-state index in [0.29, 0.717) is 12.3 Å². The molecule has 4 unspecified atom stereocenters. The van der Waals surface area contributed by atoms with Crippen LogP contribution in [-0.4, -0.2) is 34.6 Å². The van der Waals surface area contributed by atoms with Crippen LogP contribution in [0, 0.1) is 29.6 Å². The van der Waals surface area contributed by atoms with Crippen molar-refractivity contribution in [3.05, 3.63) is 0 Å². The summed E-state index contributed by atoms with van der Waals surface area (Å²) in [6, 6.07) is 1.65. The first kappa shape index (κ1) is 23.6. The van der Waals surface area contributed by atoms with Gasteiger partial charge in [0.1, 0.15) is 0 Å². The molecule has 0 aromatic heterocycles. The fourth-order valence-corrected chi connectivity index (χ4v) is 8.15. The van der Waals surface area contributed by atoms with Crippen LogP contribution in [0.2, 0.25) is 0 Å². The highest BCUT2D eigenvalue weighted by Gasteiger charge is 2.47. The van der Waals surface area contributed by atoms with Gasteiger partial charge in [-0.15, -0.1) is 0 Å². The quantitative estimate of drug-likeness (QED) is 0.417. The zero-order chi connectivity index (χ0) is 21.6. The molecule has 3 heteroatoms. The highest BCUT2D eigenvalue weighted by atomic mass is 16.4. The third-order valence-corrected chi connectivity index (χ3v) is 9.87. The van der Waals surface area contributed by atoms with E-state index in [1.165, 1.54) is 109 Å². The average Bonchev–Trinajstić information content (AvgIpc) is 3.15. The number of carboxylic acid groups (broad SMARTS) is 1. The Kier molecular flexibility index (Phi) is 8.77. The summed E-state index contributed by atoms with van der Waals surface area (Å²) in [5, 5.41) is 9.18. The van der Waals surface area contributed by atoms with Crippen molar-refractivity contribution in [3.63, 3.8) is 0 Å². The van der Waals surface area contributed by atoms with Crippen LogP contribution in [-0.2, 0) is 4.79 Å². The van der Waals surface area contributed by atoms with E-state index in [0.717, 1.165) is 42.2 Å². The number of carbonyl (C=O) groups is 1. The molecule has 4 fully saturated rings. The van der Waals surface area contributed by atoms with E-state index in [9.17, 15) is 9.90 Å². The van der Waals surface area contributed by atoms with Crippen molar-refractivity contribution in [2.75, 3.05) is 6.54 Å². The summed E-state index contributed by atoms with van der Waals surface area (Å²) in [6.45, 7) is 3.70. The third kappa shape index (κ3) is 6.27. The predicted octanol–water partition coefficient (Wildman–Crippen LogP) is 7.29. The summed E-state index contributed by atoms with van der Waals surface area (Å²) < 4.78 is 0. The SMILES string of the molecule is CCCC1CCC(N2CC(CCC3CCCCC3)C3CC(CCC(=O)O)CCC32)CC1. The number of rotatable bonds is 9. The van der Waals surface area contributed by atoms with Gasteiger partial charge in [0.05, 0.1) is 0 Å². The Morgan fingerprint density at radius 3 is 2.23 bits per heavy atom. The molecule has 1 heterocycles. The highest BCUT2D eigenvalue weighted by molar-refractivity contribution is 5.66. The summed E-state index contributed by atoms with van der Waals surface area (Å²) in [6.07, 6.45) is 24.0. The van der Waals surface area contributed by atoms with E-state index in [4.69, 9.17) is 0 Å². The van der Waals surface area contributed by atoms with Gasteiger partial charge in [0.2, 0.25) is 0 Å². The maximum Gasteiger partial charge on any atom is 0.303 e. The minimum atomic E-state index is -0.604. The molecule has 0 bridgehead atoms. The van der Waals surface area contributed by atoms with Crippen molar-refractivity contribution in [2.45, 2.75) is 135 Å². The molecule has 4 aliphatic rings. The van der Waals surface area contributed by atoms with Gasteiger partial charge >= 0.3 is 5.97 Å². The van der Waals surface area contributed by atoms with Crippen molar-refractivity contribution in [3.8, 4) is 0 Å². The molecule has 4 rings (SSSR count). The lowest BCUT2D eigenvalue weighted by Gasteiger charge is -2.42. The second-order valence-electron chi connectivity index (χ2n) is 11.8. The van der Waals surface area contributed by atoms with Gasteiger partial charge < -0.3 is 5.11 Å². The number of aliphatic carboxylic acids is 1. The molecular weight excluding hydrogens is 382 g/mol. The molecule has 3 aliphatic carbocycles. The molecule has 0 aromatic rings. The summed E-state index contributed by atoms with van der Waals surface area (Å²) in [4.78, 5) is 14.1. The van der Waals surface area contributed by atoms with Gasteiger partial charge in [0, 0.05) is 25.0 Å². The first-order chi connectivity index (χ1) is 15.1. The number of nitrogens with zero attached hydrogens (tertiary/aromatic N) is 1. The first-order valence-electron chi connectivity index (χ1n) is 14.1. The monoisotopic (exact) mass is 431 g/mol. The van der Waals surface area contributed by atoms with E-state index in [1.807, 2.05) is 0 Å². The van der Waals surface area contributed by atoms with E-state index in [1.54, 1.807) is 0 Å². The highest BCUT2D eigenvalue weighted by Crippen LogP contribution is 2.48. The van der Waals surface area contributed by atoms with Gasteiger partial charge in [-0.25, -0.2) is 0 Å².